The summed E-state index contributed by atoms with van der Waals surface area (Å²) in [6.45, 7) is 2.60. The van der Waals surface area contributed by atoms with Gasteiger partial charge in [-0.2, -0.15) is 4.98 Å². The minimum Gasteiger partial charge on any atom is -0.457 e. The predicted octanol–water partition coefficient (Wildman–Crippen LogP) is 5.20. The molecule has 4 rings (SSSR count). The van der Waals surface area contributed by atoms with E-state index in [0.717, 1.165) is 17.2 Å². The van der Waals surface area contributed by atoms with Crippen LogP contribution in [-0.2, 0) is 0 Å². The molecule has 0 fully saturated rings. The van der Waals surface area contributed by atoms with E-state index >= 15 is 0 Å². The summed E-state index contributed by atoms with van der Waals surface area (Å²) < 4.78 is 11.2. The lowest BCUT2D eigenvalue weighted by Crippen LogP contribution is -2.19. The smallest absolute Gasteiger partial charge is 0.349 e. The molecule has 0 radical (unpaired) electrons. The fraction of sp³-hybridized carbons (Fsp3) is 0.100. The van der Waals surface area contributed by atoms with Crippen molar-refractivity contribution < 1.29 is 9.15 Å². The second kappa shape index (κ2) is 7.01. The van der Waals surface area contributed by atoms with Crippen LogP contribution in [0.1, 0.15) is 6.92 Å². The second-order valence-corrected chi connectivity index (χ2v) is 6.47. The first-order valence-electron chi connectivity index (χ1n) is 8.23. The van der Waals surface area contributed by atoms with Gasteiger partial charge in [-0.1, -0.05) is 18.2 Å². The van der Waals surface area contributed by atoms with Crippen LogP contribution < -0.4 is 15.3 Å². The molecular weight excluding hydrogens is 348 g/mol. The van der Waals surface area contributed by atoms with Crippen LogP contribution in [0.5, 0.6) is 11.5 Å². The molecule has 130 valence electrons. The number of fused-ring (bicyclic) bond motifs is 1. The van der Waals surface area contributed by atoms with Gasteiger partial charge in [-0.15, -0.1) is 11.3 Å². The van der Waals surface area contributed by atoms with E-state index in [1.54, 1.807) is 6.07 Å². The molecule has 26 heavy (non-hydrogen) atoms. The maximum absolute atomic E-state index is 12.1. The van der Waals surface area contributed by atoms with E-state index in [1.165, 1.54) is 11.3 Å². The van der Waals surface area contributed by atoms with Gasteiger partial charge < -0.3 is 9.15 Å². The number of hydrogen-bond acceptors (Lipinski definition) is 6. The SMILES string of the molecule is CCN(c1ccc(Oc2ccccc2)cc1)c1nc2sccc2c(=O)o1. The highest BCUT2D eigenvalue weighted by molar-refractivity contribution is 7.16. The molecule has 0 spiro atoms. The summed E-state index contributed by atoms with van der Waals surface area (Å²) in [4.78, 5) is 19.1. The van der Waals surface area contributed by atoms with Gasteiger partial charge in [0.1, 0.15) is 16.3 Å². The molecule has 0 atom stereocenters. The average molecular weight is 364 g/mol. The Morgan fingerprint density at radius 1 is 1.04 bits per heavy atom. The number of thiophene rings is 1. The summed E-state index contributed by atoms with van der Waals surface area (Å²) in [5.74, 6) is 1.52. The highest BCUT2D eigenvalue weighted by Crippen LogP contribution is 2.28. The predicted molar refractivity (Wildman–Crippen MR) is 104 cm³/mol. The third-order valence-corrected chi connectivity index (χ3v) is 4.73. The van der Waals surface area contributed by atoms with Crippen LogP contribution in [0.2, 0.25) is 0 Å². The van der Waals surface area contributed by atoms with Crippen molar-refractivity contribution in [1.29, 1.82) is 0 Å². The molecule has 0 saturated heterocycles. The zero-order chi connectivity index (χ0) is 17.9. The second-order valence-electron chi connectivity index (χ2n) is 5.58. The highest BCUT2D eigenvalue weighted by atomic mass is 32.1. The number of aromatic nitrogens is 1. The van der Waals surface area contributed by atoms with Gasteiger partial charge >= 0.3 is 11.6 Å². The first-order valence-corrected chi connectivity index (χ1v) is 9.11. The van der Waals surface area contributed by atoms with E-state index < -0.39 is 0 Å². The lowest BCUT2D eigenvalue weighted by molar-refractivity contribution is 0.482. The summed E-state index contributed by atoms with van der Waals surface area (Å²) in [6, 6.07) is 19.2. The van der Waals surface area contributed by atoms with Gasteiger partial charge in [-0.3, -0.25) is 4.90 Å². The maximum Gasteiger partial charge on any atom is 0.349 e. The molecule has 4 aromatic rings. The van der Waals surface area contributed by atoms with Crippen molar-refractivity contribution in [2.45, 2.75) is 6.92 Å². The number of anilines is 2. The number of rotatable bonds is 5. The maximum atomic E-state index is 12.1. The number of benzene rings is 2. The number of nitrogens with zero attached hydrogens (tertiary/aromatic N) is 2. The molecule has 0 N–H and O–H groups in total. The molecule has 0 bridgehead atoms. The third-order valence-electron chi connectivity index (χ3n) is 3.92. The largest absolute Gasteiger partial charge is 0.457 e. The van der Waals surface area contributed by atoms with E-state index in [1.807, 2.05) is 71.8 Å². The average Bonchev–Trinajstić information content (AvgIpc) is 3.14. The van der Waals surface area contributed by atoms with Gasteiger partial charge in [0, 0.05) is 12.2 Å². The molecule has 2 aromatic carbocycles. The fourth-order valence-corrected chi connectivity index (χ4v) is 3.40. The summed E-state index contributed by atoms with van der Waals surface area (Å²) in [5.41, 5.74) is 0.508. The minimum absolute atomic E-state index is 0.296. The van der Waals surface area contributed by atoms with Crippen LogP contribution in [0.3, 0.4) is 0 Å². The molecule has 0 aliphatic carbocycles. The molecular formula is C20H16N2O3S. The first kappa shape index (κ1) is 16.4. The Bertz CT molecular complexity index is 1070. The van der Waals surface area contributed by atoms with E-state index in [-0.39, 0.29) is 5.63 Å². The topological polar surface area (TPSA) is 55.6 Å². The lowest BCUT2D eigenvalue weighted by atomic mass is 10.2. The van der Waals surface area contributed by atoms with Crippen molar-refractivity contribution in [2.24, 2.45) is 0 Å². The molecule has 0 amide bonds. The van der Waals surface area contributed by atoms with Crippen molar-refractivity contribution >= 4 is 33.3 Å². The number of hydrogen-bond donors (Lipinski definition) is 0. The van der Waals surface area contributed by atoms with E-state index in [0.29, 0.717) is 22.8 Å². The van der Waals surface area contributed by atoms with Crippen LogP contribution >= 0.6 is 11.3 Å². The van der Waals surface area contributed by atoms with Gasteiger partial charge in [-0.25, -0.2) is 4.79 Å². The van der Waals surface area contributed by atoms with Gasteiger partial charge in [0.05, 0.1) is 5.39 Å². The Morgan fingerprint density at radius 2 is 1.77 bits per heavy atom. The molecule has 0 aliphatic heterocycles. The Kier molecular flexibility index (Phi) is 4.41. The zero-order valence-corrected chi connectivity index (χ0v) is 14.9. The van der Waals surface area contributed by atoms with Crippen LogP contribution in [0, 0.1) is 0 Å². The Hall–Kier alpha value is -3.12. The summed E-state index contributed by atoms with van der Waals surface area (Å²) in [5, 5.41) is 2.35. The molecule has 0 aliphatic rings. The van der Waals surface area contributed by atoms with Gasteiger partial charge in [-0.05, 0) is 54.8 Å². The molecule has 2 heterocycles. The quantitative estimate of drug-likeness (QED) is 0.487. The fourth-order valence-electron chi connectivity index (χ4n) is 2.65. The van der Waals surface area contributed by atoms with E-state index in [2.05, 4.69) is 4.98 Å². The van der Waals surface area contributed by atoms with E-state index in [4.69, 9.17) is 9.15 Å². The number of ether oxygens (including phenoxy) is 1. The minimum atomic E-state index is -0.367. The van der Waals surface area contributed by atoms with Crippen LogP contribution in [0.25, 0.3) is 10.2 Å². The van der Waals surface area contributed by atoms with E-state index in [9.17, 15) is 4.79 Å². The van der Waals surface area contributed by atoms with Crippen LogP contribution in [-0.4, -0.2) is 11.5 Å². The summed E-state index contributed by atoms with van der Waals surface area (Å²) >= 11 is 1.42. The highest BCUT2D eigenvalue weighted by Gasteiger charge is 2.15. The van der Waals surface area contributed by atoms with Crippen molar-refractivity contribution in [1.82, 2.24) is 4.98 Å². The van der Waals surface area contributed by atoms with Gasteiger partial charge in [0.2, 0.25) is 0 Å². The Labute approximate surface area is 154 Å². The molecule has 0 unspecified atom stereocenters. The van der Waals surface area contributed by atoms with Crippen molar-refractivity contribution in [3.63, 3.8) is 0 Å². The standard InChI is InChI=1S/C20H16N2O3S/c1-2-22(20-21-18-17(12-13-26-18)19(23)25-20)14-8-10-16(11-9-14)24-15-6-4-3-5-7-15/h3-13H,2H2,1H3. The number of para-hydroxylation sites is 1. The molecule has 6 heteroatoms. The third kappa shape index (κ3) is 3.19. The monoisotopic (exact) mass is 364 g/mol. The van der Waals surface area contributed by atoms with Crippen molar-refractivity contribution in [3.8, 4) is 11.5 Å². The Balaban J connectivity index is 1.62. The van der Waals surface area contributed by atoms with Crippen molar-refractivity contribution in [3.05, 3.63) is 76.5 Å². The first-order chi connectivity index (χ1) is 12.7. The van der Waals surface area contributed by atoms with Crippen LogP contribution in [0.4, 0.5) is 11.7 Å². The molecule has 0 saturated carbocycles. The molecule has 5 nitrogen and oxygen atoms in total. The van der Waals surface area contributed by atoms with Gasteiger partial charge in [0.25, 0.3) is 0 Å². The summed E-state index contributed by atoms with van der Waals surface area (Å²) in [7, 11) is 0. The normalized spacial score (nSPS) is 10.8. The Morgan fingerprint density at radius 3 is 2.50 bits per heavy atom. The zero-order valence-electron chi connectivity index (χ0n) is 14.1. The lowest BCUT2D eigenvalue weighted by Gasteiger charge is -2.20. The van der Waals surface area contributed by atoms with Gasteiger partial charge in [0.15, 0.2) is 0 Å². The molecule has 2 aromatic heterocycles. The van der Waals surface area contributed by atoms with Crippen molar-refractivity contribution in [2.75, 3.05) is 11.4 Å². The summed E-state index contributed by atoms with van der Waals surface area (Å²) in [6.07, 6.45) is 0. The van der Waals surface area contributed by atoms with Crippen LogP contribution in [0.15, 0.2) is 75.3 Å².